The summed E-state index contributed by atoms with van der Waals surface area (Å²) in [5.41, 5.74) is 10.1. The topological polar surface area (TPSA) is 64.8 Å². The van der Waals surface area contributed by atoms with Gasteiger partial charge in [-0.2, -0.15) is 0 Å². The highest BCUT2D eigenvalue weighted by Gasteiger charge is 2.18. The van der Waals surface area contributed by atoms with Crippen molar-refractivity contribution in [1.29, 1.82) is 0 Å². The van der Waals surface area contributed by atoms with Gasteiger partial charge in [0.25, 0.3) is 0 Å². The quantitative estimate of drug-likeness (QED) is 0.560. The van der Waals surface area contributed by atoms with Gasteiger partial charge in [-0.05, 0) is 49.2 Å². The largest absolute Gasteiger partial charge is 0.488 e. The van der Waals surface area contributed by atoms with Gasteiger partial charge in [-0.1, -0.05) is 48.5 Å². The molecule has 0 saturated carbocycles. The second kappa shape index (κ2) is 10.1. The zero-order valence-corrected chi connectivity index (χ0v) is 16.4. The summed E-state index contributed by atoms with van der Waals surface area (Å²) in [6.07, 6.45) is 4.13. The summed E-state index contributed by atoms with van der Waals surface area (Å²) in [4.78, 5) is 13.6. The monoisotopic (exact) mass is 380 g/mol. The van der Waals surface area contributed by atoms with Gasteiger partial charge in [0.05, 0.1) is 0 Å². The van der Waals surface area contributed by atoms with Crippen LogP contribution in [0.3, 0.4) is 0 Å². The van der Waals surface area contributed by atoms with Crippen molar-refractivity contribution in [3.05, 3.63) is 71.3 Å². The first-order valence-corrected chi connectivity index (χ1v) is 9.74. The molecule has 0 fully saturated rings. The predicted octanol–water partition coefficient (Wildman–Crippen LogP) is 3.57. The number of carbonyl (C=O) groups is 1. The SMILES string of the molecule is CN(CC/C=C1\c2ccccc2COc2ccccc21)COC(=O)CCCN. The van der Waals surface area contributed by atoms with Crippen LogP contribution < -0.4 is 10.5 Å². The highest BCUT2D eigenvalue weighted by molar-refractivity contribution is 5.84. The number of para-hydroxylation sites is 1. The van der Waals surface area contributed by atoms with Gasteiger partial charge in [0.15, 0.2) is 0 Å². The van der Waals surface area contributed by atoms with E-state index in [4.69, 9.17) is 15.2 Å². The fourth-order valence-corrected chi connectivity index (χ4v) is 3.24. The molecule has 0 bridgehead atoms. The molecule has 0 atom stereocenters. The Morgan fingerprint density at radius 2 is 1.93 bits per heavy atom. The third-order valence-electron chi connectivity index (χ3n) is 4.76. The van der Waals surface area contributed by atoms with Crippen molar-refractivity contribution in [2.45, 2.75) is 25.9 Å². The Labute approximate surface area is 166 Å². The minimum absolute atomic E-state index is 0.195. The molecule has 2 aromatic carbocycles. The molecule has 0 spiro atoms. The maximum atomic E-state index is 11.6. The smallest absolute Gasteiger partial charge is 0.307 e. The predicted molar refractivity (Wildman–Crippen MR) is 111 cm³/mol. The highest BCUT2D eigenvalue weighted by Crippen LogP contribution is 2.36. The normalized spacial score (nSPS) is 14.2. The molecule has 1 heterocycles. The number of esters is 1. The molecular weight excluding hydrogens is 352 g/mol. The Kier molecular flexibility index (Phi) is 7.23. The Hall–Kier alpha value is -2.63. The summed E-state index contributed by atoms with van der Waals surface area (Å²) in [5, 5.41) is 0. The summed E-state index contributed by atoms with van der Waals surface area (Å²) in [5.74, 6) is 0.714. The van der Waals surface area contributed by atoms with E-state index in [0.717, 1.165) is 24.3 Å². The van der Waals surface area contributed by atoms with Crippen LogP contribution in [-0.2, 0) is 16.1 Å². The molecule has 148 valence electrons. The van der Waals surface area contributed by atoms with E-state index in [1.54, 1.807) is 0 Å². The van der Waals surface area contributed by atoms with Gasteiger partial charge < -0.3 is 15.2 Å². The van der Waals surface area contributed by atoms with Crippen molar-refractivity contribution >= 4 is 11.5 Å². The number of nitrogens with zero attached hydrogens (tertiary/aromatic N) is 1. The number of benzene rings is 2. The molecule has 0 saturated heterocycles. The third kappa shape index (κ3) is 5.21. The third-order valence-corrected chi connectivity index (χ3v) is 4.76. The molecule has 1 aliphatic rings. The van der Waals surface area contributed by atoms with Crippen LogP contribution in [0.2, 0.25) is 0 Å². The Morgan fingerprint density at radius 3 is 2.75 bits per heavy atom. The van der Waals surface area contributed by atoms with Crippen molar-refractivity contribution in [2.75, 3.05) is 26.9 Å². The lowest BCUT2D eigenvalue weighted by molar-refractivity contribution is -0.147. The summed E-state index contributed by atoms with van der Waals surface area (Å²) in [6, 6.07) is 16.5. The van der Waals surface area contributed by atoms with Gasteiger partial charge in [-0.3, -0.25) is 9.69 Å². The minimum atomic E-state index is -0.195. The number of ether oxygens (including phenoxy) is 2. The van der Waals surface area contributed by atoms with E-state index in [1.807, 2.05) is 36.2 Å². The molecule has 1 aliphatic heterocycles. The molecule has 2 aromatic rings. The van der Waals surface area contributed by atoms with Crippen LogP contribution in [0, 0.1) is 0 Å². The Morgan fingerprint density at radius 1 is 1.18 bits per heavy atom. The zero-order valence-electron chi connectivity index (χ0n) is 16.4. The second-order valence-corrected chi connectivity index (χ2v) is 6.97. The van der Waals surface area contributed by atoms with E-state index in [0.29, 0.717) is 32.7 Å². The van der Waals surface area contributed by atoms with Gasteiger partial charge in [-0.15, -0.1) is 0 Å². The van der Waals surface area contributed by atoms with Crippen molar-refractivity contribution in [3.63, 3.8) is 0 Å². The molecular formula is C23H28N2O3. The molecule has 0 aromatic heterocycles. The first kappa shape index (κ1) is 20.1. The molecule has 5 nitrogen and oxygen atoms in total. The highest BCUT2D eigenvalue weighted by atomic mass is 16.5. The van der Waals surface area contributed by atoms with Gasteiger partial charge in [0, 0.05) is 18.5 Å². The van der Waals surface area contributed by atoms with Crippen molar-refractivity contribution in [1.82, 2.24) is 4.90 Å². The lowest BCUT2D eigenvalue weighted by Crippen LogP contribution is -2.25. The van der Waals surface area contributed by atoms with E-state index in [-0.39, 0.29) is 5.97 Å². The molecule has 3 rings (SSSR count). The molecule has 0 unspecified atom stereocenters. The van der Waals surface area contributed by atoms with Crippen molar-refractivity contribution < 1.29 is 14.3 Å². The van der Waals surface area contributed by atoms with Crippen molar-refractivity contribution in [2.24, 2.45) is 5.73 Å². The van der Waals surface area contributed by atoms with Gasteiger partial charge >= 0.3 is 5.97 Å². The summed E-state index contributed by atoms with van der Waals surface area (Å²) < 4.78 is 11.3. The fourth-order valence-electron chi connectivity index (χ4n) is 3.24. The fraction of sp³-hybridized carbons (Fsp3) is 0.348. The number of carbonyl (C=O) groups excluding carboxylic acids is 1. The van der Waals surface area contributed by atoms with Crippen LogP contribution in [0.1, 0.15) is 36.0 Å². The number of nitrogens with two attached hydrogens (primary N) is 1. The van der Waals surface area contributed by atoms with Crippen LogP contribution in [-0.4, -0.2) is 37.7 Å². The van der Waals surface area contributed by atoms with Crippen molar-refractivity contribution in [3.8, 4) is 5.75 Å². The van der Waals surface area contributed by atoms with Gasteiger partial charge in [0.2, 0.25) is 0 Å². The van der Waals surface area contributed by atoms with Crippen LogP contribution in [0.25, 0.3) is 5.57 Å². The van der Waals surface area contributed by atoms with E-state index in [9.17, 15) is 4.79 Å². The van der Waals surface area contributed by atoms with Crippen LogP contribution in [0.4, 0.5) is 0 Å². The zero-order chi connectivity index (χ0) is 19.8. The molecule has 28 heavy (non-hydrogen) atoms. The molecule has 0 radical (unpaired) electrons. The number of rotatable bonds is 8. The Balaban J connectivity index is 1.67. The number of hydrogen-bond acceptors (Lipinski definition) is 5. The maximum Gasteiger partial charge on any atom is 0.307 e. The van der Waals surface area contributed by atoms with Crippen LogP contribution >= 0.6 is 0 Å². The van der Waals surface area contributed by atoms with E-state index < -0.39 is 0 Å². The summed E-state index contributed by atoms with van der Waals surface area (Å²) >= 11 is 0. The first-order valence-electron chi connectivity index (χ1n) is 9.74. The number of hydrogen-bond donors (Lipinski definition) is 1. The standard InChI is InChI=1S/C23H28N2O3/c1-25(17-28-23(26)13-6-14-24)15-7-11-20-19-9-3-2-8-18(19)16-27-22-12-5-4-10-21(20)22/h2-5,8-12H,6-7,13-17,24H2,1H3/b20-11+. The maximum absolute atomic E-state index is 11.6. The first-order chi connectivity index (χ1) is 13.7. The second-order valence-electron chi connectivity index (χ2n) is 6.97. The van der Waals surface area contributed by atoms with E-state index >= 15 is 0 Å². The van der Waals surface area contributed by atoms with E-state index in [2.05, 4.69) is 30.3 Å². The van der Waals surface area contributed by atoms with Crippen LogP contribution in [0.15, 0.2) is 54.6 Å². The average molecular weight is 380 g/mol. The molecule has 0 amide bonds. The average Bonchev–Trinajstić information content (AvgIpc) is 2.88. The molecule has 2 N–H and O–H groups in total. The summed E-state index contributed by atoms with van der Waals surface area (Å²) in [7, 11) is 1.95. The van der Waals surface area contributed by atoms with Crippen LogP contribution in [0.5, 0.6) is 5.75 Å². The Bertz CT molecular complexity index is 783. The number of fused-ring (bicyclic) bond motifs is 2. The lowest BCUT2D eigenvalue weighted by atomic mass is 9.93. The minimum Gasteiger partial charge on any atom is -0.488 e. The molecule has 0 aliphatic carbocycles. The van der Waals surface area contributed by atoms with Gasteiger partial charge in [-0.25, -0.2) is 0 Å². The van der Waals surface area contributed by atoms with Gasteiger partial charge in [0.1, 0.15) is 19.1 Å². The van der Waals surface area contributed by atoms with E-state index in [1.165, 1.54) is 16.7 Å². The lowest BCUT2D eigenvalue weighted by Gasteiger charge is -2.16. The molecule has 5 heteroatoms. The summed E-state index contributed by atoms with van der Waals surface area (Å²) in [6.45, 7) is 2.16.